The van der Waals surface area contributed by atoms with E-state index in [9.17, 15) is 12.8 Å². The molecule has 0 aliphatic rings. The molecule has 8 heteroatoms. The molecule has 0 radical (unpaired) electrons. The zero-order chi connectivity index (χ0) is 15.3. The smallest absolute Gasteiger partial charge is 0.264 e. The Morgan fingerprint density at radius 1 is 1.43 bits per heavy atom. The van der Waals surface area contributed by atoms with E-state index in [-0.39, 0.29) is 28.6 Å². The summed E-state index contributed by atoms with van der Waals surface area (Å²) in [6, 6.07) is 3.24. The van der Waals surface area contributed by atoms with E-state index in [1.165, 1.54) is 6.20 Å². The van der Waals surface area contributed by atoms with Gasteiger partial charge in [0.1, 0.15) is 10.7 Å². The standard InChI is InChI=1S/C13H11FN2O3S2/c14-11-4-5-12(10(9-11)3-1-2-7-17)21(18,19)16-13-15-6-8-20-13/h4-6,8-9,17H,2,7H2,(H,15,16). The van der Waals surface area contributed by atoms with Crippen LogP contribution in [0.15, 0.2) is 34.7 Å². The average Bonchev–Trinajstić information content (AvgIpc) is 2.91. The molecule has 0 saturated carbocycles. The number of rotatable bonds is 4. The van der Waals surface area contributed by atoms with Crippen molar-refractivity contribution >= 4 is 26.5 Å². The maximum Gasteiger partial charge on any atom is 0.264 e. The number of aromatic nitrogens is 1. The van der Waals surface area contributed by atoms with E-state index in [1.807, 2.05) is 0 Å². The summed E-state index contributed by atoms with van der Waals surface area (Å²) >= 11 is 1.13. The minimum Gasteiger partial charge on any atom is -0.395 e. The van der Waals surface area contributed by atoms with Crippen LogP contribution >= 0.6 is 11.3 Å². The number of thiazole rings is 1. The van der Waals surface area contributed by atoms with E-state index in [0.717, 1.165) is 29.5 Å². The molecular weight excluding hydrogens is 315 g/mol. The van der Waals surface area contributed by atoms with Gasteiger partial charge in [0.2, 0.25) is 0 Å². The minimum atomic E-state index is -3.90. The average molecular weight is 326 g/mol. The predicted octanol–water partition coefficient (Wildman–Crippen LogP) is 1.82. The molecular formula is C13H11FN2O3S2. The van der Waals surface area contributed by atoms with Gasteiger partial charge >= 0.3 is 0 Å². The summed E-state index contributed by atoms with van der Waals surface area (Å²) in [5.41, 5.74) is 0.0347. The molecule has 0 unspecified atom stereocenters. The van der Waals surface area contributed by atoms with Crippen molar-refractivity contribution in [1.82, 2.24) is 4.98 Å². The van der Waals surface area contributed by atoms with Crippen LogP contribution in [-0.2, 0) is 10.0 Å². The van der Waals surface area contributed by atoms with E-state index in [2.05, 4.69) is 21.5 Å². The zero-order valence-electron chi connectivity index (χ0n) is 10.7. The van der Waals surface area contributed by atoms with Gasteiger partial charge < -0.3 is 5.11 Å². The number of aliphatic hydroxyl groups excluding tert-OH is 1. The van der Waals surface area contributed by atoms with Crippen LogP contribution in [0.25, 0.3) is 0 Å². The van der Waals surface area contributed by atoms with Crippen LogP contribution in [0.5, 0.6) is 0 Å². The van der Waals surface area contributed by atoms with E-state index in [4.69, 9.17) is 5.11 Å². The fourth-order valence-electron chi connectivity index (χ4n) is 1.49. The van der Waals surface area contributed by atoms with Crippen molar-refractivity contribution in [2.45, 2.75) is 11.3 Å². The molecule has 0 saturated heterocycles. The Morgan fingerprint density at radius 2 is 2.24 bits per heavy atom. The second-order valence-corrected chi connectivity index (χ2v) is 6.40. The predicted molar refractivity (Wildman–Crippen MR) is 77.9 cm³/mol. The van der Waals surface area contributed by atoms with E-state index in [0.29, 0.717) is 0 Å². The Kier molecular flexibility index (Phi) is 4.90. The Bertz CT molecular complexity index is 777. The van der Waals surface area contributed by atoms with Crippen LogP contribution in [0.3, 0.4) is 0 Å². The highest BCUT2D eigenvalue weighted by atomic mass is 32.2. The van der Waals surface area contributed by atoms with Gasteiger partial charge in [-0.2, -0.15) is 0 Å². The molecule has 2 rings (SSSR count). The van der Waals surface area contributed by atoms with Crippen LogP contribution in [0.1, 0.15) is 12.0 Å². The first-order chi connectivity index (χ1) is 10.0. The number of sulfonamides is 1. The van der Waals surface area contributed by atoms with Crippen LogP contribution < -0.4 is 4.72 Å². The fourth-order valence-corrected chi connectivity index (χ4v) is 3.42. The third kappa shape index (κ3) is 4.01. The molecule has 0 bridgehead atoms. The molecule has 2 aromatic rings. The lowest BCUT2D eigenvalue weighted by Gasteiger charge is -2.07. The van der Waals surface area contributed by atoms with Crippen molar-refractivity contribution < 1.29 is 17.9 Å². The molecule has 2 N–H and O–H groups in total. The summed E-state index contributed by atoms with van der Waals surface area (Å²) in [5, 5.41) is 10.5. The molecule has 0 aliphatic heterocycles. The first-order valence-corrected chi connectivity index (χ1v) is 8.21. The van der Waals surface area contributed by atoms with Gasteiger partial charge in [0, 0.05) is 23.6 Å². The van der Waals surface area contributed by atoms with Gasteiger partial charge in [0.15, 0.2) is 5.13 Å². The Balaban J connectivity index is 2.41. The number of aliphatic hydroxyl groups is 1. The van der Waals surface area contributed by atoms with Crippen LogP contribution in [0.2, 0.25) is 0 Å². The largest absolute Gasteiger partial charge is 0.395 e. The van der Waals surface area contributed by atoms with Crippen molar-refractivity contribution in [2.24, 2.45) is 0 Å². The highest BCUT2D eigenvalue weighted by molar-refractivity contribution is 7.93. The van der Waals surface area contributed by atoms with Crippen molar-refractivity contribution in [1.29, 1.82) is 0 Å². The van der Waals surface area contributed by atoms with Gasteiger partial charge in [0.25, 0.3) is 10.0 Å². The van der Waals surface area contributed by atoms with Crippen molar-refractivity contribution in [3.63, 3.8) is 0 Å². The van der Waals surface area contributed by atoms with Crippen molar-refractivity contribution in [3.05, 3.63) is 41.2 Å². The first-order valence-electron chi connectivity index (χ1n) is 5.84. The molecule has 1 aromatic heterocycles. The third-order valence-corrected chi connectivity index (χ3v) is 4.56. The quantitative estimate of drug-likeness (QED) is 0.840. The molecule has 0 fully saturated rings. The highest BCUT2D eigenvalue weighted by Crippen LogP contribution is 2.21. The Morgan fingerprint density at radius 3 is 2.90 bits per heavy atom. The topological polar surface area (TPSA) is 79.3 Å². The van der Waals surface area contributed by atoms with E-state index < -0.39 is 15.8 Å². The molecule has 5 nitrogen and oxygen atoms in total. The molecule has 0 spiro atoms. The lowest BCUT2D eigenvalue weighted by Crippen LogP contribution is -2.14. The number of anilines is 1. The summed E-state index contributed by atoms with van der Waals surface area (Å²) in [7, 11) is -3.90. The lowest BCUT2D eigenvalue weighted by molar-refractivity contribution is 0.305. The first kappa shape index (κ1) is 15.4. The second-order valence-electron chi connectivity index (χ2n) is 3.86. The third-order valence-electron chi connectivity index (χ3n) is 2.34. The second kappa shape index (κ2) is 6.67. The van der Waals surface area contributed by atoms with Crippen molar-refractivity contribution in [3.8, 4) is 11.8 Å². The van der Waals surface area contributed by atoms with Gasteiger partial charge in [-0.1, -0.05) is 11.8 Å². The number of nitrogens with zero attached hydrogens (tertiary/aromatic N) is 1. The maximum atomic E-state index is 13.3. The van der Waals surface area contributed by atoms with Crippen LogP contribution in [-0.4, -0.2) is 25.1 Å². The summed E-state index contributed by atoms with van der Waals surface area (Å²) in [6.45, 7) is -0.151. The molecule has 0 amide bonds. The minimum absolute atomic E-state index is 0.0347. The summed E-state index contributed by atoms with van der Waals surface area (Å²) in [5.74, 6) is 4.55. The number of hydrogen-bond acceptors (Lipinski definition) is 5. The Labute approximate surface area is 125 Å². The maximum absolute atomic E-state index is 13.3. The number of hydrogen-bond donors (Lipinski definition) is 2. The van der Waals surface area contributed by atoms with Crippen molar-refractivity contribution in [2.75, 3.05) is 11.3 Å². The number of benzene rings is 1. The van der Waals surface area contributed by atoms with Gasteiger partial charge in [-0.3, -0.25) is 4.72 Å². The summed E-state index contributed by atoms with van der Waals surface area (Å²) in [6.07, 6.45) is 1.64. The van der Waals surface area contributed by atoms with Gasteiger partial charge in [-0.15, -0.1) is 11.3 Å². The van der Waals surface area contributed by atoms with E-state index in [1.54, 1.807) is 5.38 Å². The monoisotopic (exact) mass is 326 g/mol. The summed E-state index contributed by atoms with van der Waals surface area (Å²) in [4.78, 5) is 3.70. The van der Waals surface area contributed by atoms with Crippen LogP contribution in [0, 0.1) is 17.7 Å². The molecule has 110 valence electrons. The van der Waals surface area contributed by atoms with Gasteiger partial charge in [-0.25, -0.2) is 17.8 Å². The molecule has 0 aliphatic carbocycles. The number of nitrogens with one attached hydrogen (secondary N) is 1. The van der Waals surface area contributed by atoms with E-state index >= 15 is 0 Å². The van der Waals surface area contributed by atoms with Gasteiger partial charge in [0.05, 0.1) is 6.61 Å². The Hall–Kier alpha value is -1.95. The molecule has 0 atom stereocenters. The fraction of sp³-hybridized carbons (Fsp3) is 0.154. The molecule has 1 heterocycles. The molecule has 1 aromatic carbocycles. The molecule has 21 heavy (non-hydrogen) atoms. The SMILES string of the molecule is O=S(=O)(Nc1nccs1)c1ccc(F)cc1C#CCCO. The van der Waals surface area contributed by atoms with Crippen LogP contribution in [0.4, 0.5) is 9.52 Å². The summed E-state index contributed by atoms with van der Waals surface area (Å²) < 4.78 is 40.1. The van der Waals surface area contributed by atoms with Gasteiger partial charge in [-0.05, 0) is 18.2 Å². The lowest BCUT2D eigenvalue weighted by atomic mass is 10.2. The number of halogens is 1. The zero-order valence-corrected chi connectivity index (χ0v) is 12.3. The highest BCUT2D eigenvalue weighted by Gasteiger charge is 2.19. The normalized spacial score (nSPS) is 10.8.